The normalized spacial score (nSPS) is 17.0. The van der Waals surface area contributed by atoms with E-state index in [9.17, 15) is 4.79 Å². The van der Waals surface area contributed by atoms with E-state index in [1.807, 2.05) is 7.05 Å². The van der Waals surface area contributed by atoms with Crippen molar-refractivity contribution in [3.8, 4) is 0 Å². The zero-order valence-electron chi connectivity index (χ0n) is 7.73. The molecule has 1 aromatic rings. The molecule has 1 aliphatic carbocycles. The van der Waals surface area contributed by atoms with Gasteiger partial charge in [0.05, 0.1) is 6.42 Å². The molecule has 0 spiro atoms. The molecule has 0 radical (unpaired) electrons. The monoisotopic (exact) mass is 179 g/mol. The van der Waals surface area contributed by atoms with Gasteiger partial charge in [-0.05, 0) is 12.8 Å². The molecule has 0 aromatic carbocycles. The Labute approximate surface area is 77.0 Å². The molecule has 0 amide bonds. The van der Waals surface area contributed by atoms with Crippen LogP contribution in [0.25, 0.3) is 0 Å². The minimum absolute atomic E-state index is 0.302. The summed E-state index contributed by atoms with van der Waals surface area (Å²) in [5, 5.41) is 3.93. The predicted octanol–water partition coefficient (Wildman–Crippen LogP) is 0.727. The largest absolute Gasteiger partial charge is 0.299 e. The van der Waals surface area contributed by atoms with Crippen LogP contribution in [0.4, 0.5) is 0 Å². The maximum Gasteiger partial charge on any atom is 0.143 e. The van der Waals surface area contributed by atoms with E-state index in [2.05, 4.69) is 10.1 Å². The smallest absolute Gasteiger partial charge is 0.143 e. The van der Waals surface area contributed by atoms with Gasteiger partial charge in [-0.15, -0.1) is 0 Å². The zero-order valence-corrected chi connectivity index (χ0v) is 7.73. The van der Waals surface area contributed by atoms with Crippen LogP contribution in [0.5, 0.6) is 0 Å². The third kappa shape index (κ3) is 1.61. The molecule has 0 saturated heterocycles. The lowest BCUT2D eigenvalue weighted by molar-refractivity contribution is -0.124. The van der Waals surface area contributed by atoms with Crippen molar-refractivity contribution < 1.29 is 4.79 Å². The Hall–Kier alpha value is -1.19. The molecule has 70 valence electrons. The summed E-state index contributed by atoms with van der Waals surface area (Å²) in [6.45, 7) is 0. The summed E-state index contributed by atoms with van der Waals surface area (Å²) in [4.78, 5) is 15.6. The van der Waals surface area contributed by atoms with Gasteiger partial charge in [-0.1, -0.05) is 6.42 Å². The summed E-state index contributed by atoms with van der Waals surface area (Å²) in [6, 6.07) is 0. The lowest BCUT2D eigenvalue weighted by Gasteiger charge is -2.23. The van der Waals surface area contributed by atoms with E-state index >= 15 is 0 Å². The van der Waals surface area contributed by atoms with Crippen molar-refractivity contribution in [3.63, 3.8) is 0 Å². The van der Waals surface area contributed by atoms with Gasteiger partial charge >= 0.3 is 0 Å². The molecule has 0 bridgehead atoms. The molecule has 1 aliphatic rings. The first-order chi connectivity index (χ1) is 6.27. The zero-order chi connectivity index (χ0) is 9.26. The fraction of sp³-hybridized carbons (Fsp3) is 0.667. The van der Waals surface area contributed by atoms with E-state index in [0.717, 1.165) is 18.7 Å². The van der Waals surface area contributed by atoms with Crippen molar-refractivity contribution in [2.75, 3.05) is 0 Å². The Morgan fingerprint density at radius 1 is 1.69 bits per heavy atom. The van der Waals surface area contributed by atoms with Gasteiger partial charge in [-0.25, -0.2) is 4.98 Å². The molecular formula is C9H13N3O. The van der Waals surface area contributed by atoms with E-state index in [0.29, 0.717) is 18.1 Å². The summed E-state index contributed by atoms with van der Waals surface area (Å²) in [5.41, 5.74) is 0. The maximum absolute atomic E-state index is 11.6. The summed E-state index contributed by atoms with van der Waals surface area (Å²) in [5.74, 6) is 1.40. The number of carbonyl (C=O) groups is 1. The number of carbonyl (C=O) groups excluding carboxylic acids is 1. The molecular weight excluding hydrogens is 166 g/mol. The average Bonchev–Trinajstić information content (AvgIpc) is 2.32. The third-order valence-electron chi connectivity index (χ3n) is 2.70. The molecule has 1 heterocycles. The van der Waals surface area contributed by atoms with Gasteiger partial charge in [0.15, 0.2) is 0 Å². The molecule has 0 aliphatic heterocycles. The van der Waals surface area contributed by atoms with Crippen LogP contribution in [0, 0.1) is 5.92 Å². The van der Waals surface area contributed by atoms with Crippen molar-refractivity contribution in [2.45, 2.75) is 25.7 Å². The summed E-state index contributed by atoms with van der Waals surface area (Å²) in [7, 11) is 1.82. The van der Waals surface area contributed by atoms with Crippen LogP contribution in [0.15, 0.2) is 6.33 Å². The molecule has 0 atom stereocenters. The number of nitrogens with zero attached hydrogens (tertiary/aromatic N) is 3. The van der Waals surface area contributed by atoms with E-state index < -0.39 is 0 Å². The van der Waals surface area contributed by atoms with Crippen LogP contribution < -0.4 is 0 Å². The van der Waals surface area contributed by atoms with Crippen molar-refractivity contribution in [3.05, 3.63) is 12.2 Å². The molecule has 2 rings (SSSR count). The van der Waals surface area contributed by atoms with E-state index in [1.165, 1.54) is 12.7 Å². The number of aryl methyl sites for hydroxylation is 1. The summed E-state index contributed by atoms with van der Waals surface area (Å²) in [6.07, 6.45) is 5.27. The van der Waals surface area contributed by atoms with Crippen LogP contribution in [0.2, 0.25) is 0 Å². The number of Topliss-reactive ketones (excluding diaryl/α,β-unsaturated/α-hetero) is 1. The Balaban J connectivity index is 1.97. The predicted molar refractivity (Wildman–Crippen MR) is 47.1 cm³/mol. The second-order valence-electron chi connectivity index (χ2n) is 3.57. The Bertz CT molecular complexity index is 314. The average molecular weight is 179 g/mol. The molecule has 4 nitrogen and oxygen atoms in total. The summed E-state index contributed by atoms with van der Waals surface area (Å²) >= 11 is 0. The first-order valence-corrected chi connectivity index (χ1v) is 4.63. The summed E-state index contributed by atoms with van der Waals surface area (Å²) < 4.78 is 1.66. The molecule has 1 aromatic heterocycles. The van der Waals surface area contributed by atoms with E-state index in [-0.39, 0.29) is 0 Å². The number of rotatable bonds is 3. The molecule has 4 heteroatoms. The number of aromatic nitrogens is 3. The van der Waals surface area contributed by atoms with Crippen molar-refractivity contribution in [2.24, 2.45) is 13.0 Å². The standard InChI is InChI=1S/C9H13N3O/c1-12-9(10-6-11-12)5-8(13)7-3-2-4-7/h6-7H,2-5H2,1H3. The van der Waals surface area contributed by atoms with Gasteiger partial charge in [0.2, 0.25) is 0 Å². The van der Waals surface area contributed by atoms with Gasteiger partial charge in [-0.2, -0.15) is 5.10 Å². The number of ketones is 1. The maximum atomic E-state index is 11.6. The SMILES string of the molecule is Cn1ncnc1CC(=O)C1CCC1. The topological polar surface area (TPSA) is 47.8 Å². The molecule has 0 unspecified atom stereocenters. The Kier molecular flexibility index (Phi) is 2.12. The quantitative estimate of drug-likeness (QED) is 0.687. The highest BCUT2D eigenvalue weighted by Crippen LogP contribution is 2.27. The first-order valence-electron chi connectivity index (χ1n) is 4.63. The third-order valence-corrected chi connectivity index (χ3v) is 2.70. The molecule has 13 heavy (non-hydrogen) atoms. The fourth-order valence-electron chi connectivity index (χ4n) is 1.51. The van der Waals surface area contributed by atoms with Crippen LogP contribution in [0.3, 0.4) is 0 Å². The van der Waals surface area contributed by atoms with Crippen LogP contribution >= 0.6 is 0 Å². The fourth-order valence-corrected chi connectivity index (χ4v) is 1.51. The Morgan fingerprint density at radius 2 is 2.46 bits per heavy atom. The van der Waals surface area contributed by atoms with Crippen LogP contribution in [0.1, 0.15) is 25.1 Å². The van der Waals surface area contributed by atoms with Crippen molar-refractivity contribution in [1.29, 1.82) is 0 Å². The van der Waals surface area contributed by atoms with Gasteiger partial charge in [0, 0.05) is 13.0 Å². The molecule has 0 N–H and O–H groups in total. The highest BCUT2D eigenvalue weighted by molar-refractivity contribution is 5.83. The first kappa shape index (κ1) is 8.41. The minimum Gasteiger partial charge on any atom is -0.299 e. The van der Waals surface area contributed by atoms with Crippen molar-refractivity contribution >= 4 is 5.78 Å². The van der Waals surface area contributed by atoms with E-state index in [1.54, 1.807) is 4.68 Å². The van der Waals surface area contributed by atoms with Gasteiger partial charge in [0.25, 0.3) is 0 Å². The minimum atomic E-state index is 0.302. The van der Waals surface area contributed by atoms with Crippen LogP contribution in [-0.4, -0.2) is 20.5 Å². The van der Waals surface area contributed by atoms with Crippen LogP contribution in [-0.2, 0) is 18.3 Å². The second kappa shape index (κ2) is 3.28. The van der Waals surface area contributed by atoms with Gasteiger partial charge in [0.1, 0.15) is 17.9 Å². The lowest BCUT2D eigenvalue weighted by atomic mass is 9.81. The second-order valence-corrected chi connectivity index (χ2v) is 3.57. The number of hydrogen-bond acceptors (Lipinski definition) is 3. The van der Waals surface area contributed by atoms with Gasteiger partial charge < -0.3 is 0 Å². The highest BCUT2D eigenvalue weighted by atomic mass is 16.1. The van der Waals surface area contributed by atoms with E-state index in [4.69, 9.17) is 0 Å². The molecule has 1 fully saturated rings. The number of hydrogen-bond donors (Lipinski definition) is 0. The molecule has 1 saturated carbocycles. The Morgan fingerprint density at radius 3 is 2.92 bits per heavy atom. The van der Waals surface area contributed by atoms with Gasteiger partial charge in [-0.3, -0.25) is 9.48 Å². The highest BCUT2D eigenvalue weighted by Gasteiger charge is 2.25. The lowest BCUT2D eigenvalue weighted by Crippen LogP contribution is -2.24. The van der Waals surface area contributed by atoms with Crippen molar-refractivity contribution in [1.82, 2.24) is 14.8 Å².